The highest BCUT2D eigenvalue weighted by molar-refractivity contribution is 7.14. The maximum atomic E-state index is 13.0. The fraction of sp³-hybridized carbons (Fsp3) is 0.100. The molecule has 2 aromatic carbocycles. The standard InChI is InChI=1S/C20H15FN2O3S/c1-2-25-16-5-3-4-13-10-17(26-18(13)16)19(24)23-20-22-15(11-27-20)12-6-8-14(21)9-7-12/h3-11H,2H2,1H3,(H,22,23,24). The minimum atomic E-state index is -0.395. The van der Waals surface area contributed by atoms with E-state index in [1.807, 2.05) is 19.1 Å². The number of ether oxygens (including phenoxy) is 1. The van der Waals surface area contributed by atoms with Crippen molar-refractivity contribution in [2.45, 2.75) is 6.92 Å². The first-order chi connectivity index (χ1) is 13.1. The smallest absolute Gasteiger partial charge is 0.293 e. The highest BCUT2D eigenvalue weighted by Crippen LogP contribution is 2.30. The van der Waals surface area contributed by atoms with Gasteiger partial charge in [0.2, 0.25) is 0 Å². The van der Waals surface area contributed by atoms with E-state index in [1.54, 1.807) is 29.6 Å². The third-order valence-corrected chi connectivity index (χ3v) is 4.65. The molecule has 2 heterocycles. The summed E-state index contributed by atoms with van der Waals surface area (Å²) in [6.07, 6.45) is 0. The summed E-state index contributed by atoms with van der Waals surface area (Å²) in [6, 6.07) is 13.2. The number of benzene rings is 2. The van der Waals surface area contributed by atoms with Gasteiger partial charge in [0.05, 0.1) is 12.3 Å². The number of carbonyl (C=O) groups excluding carboxylic acids is 1. The van der Waals surface area contributed by atoms with Gasteiger partial charge in [0.1, 0.15) is 5.82 Å². The van der Waals surface area contributed by atoms with Crippen LogP contribution in [0.3, 0.4) is 0 Å². The molecule has 0 aliphatic carbocycles. The van der Waals surface area contributed by atoms with Gasteiger partial charge < -0.3 is 9.15 Å². The summed E-state index contributed by atoms with van der Waals surface area (Å²) in [5.74, 6) is 0.0741. The third-order valence-electron chi connectivity index (χ3n) is 3.90. The molecule has 0 saturated heterocycles. The second kappa shape index (κ2) is 7.20. The van der Waals surface area contributed by atoms with E-state index in [2.05, 4.69) is 10.3 Å². The summed E-state index contributed by atoms with van der Waals surface area (Å²) >= 11 is 1.29. The van der Waals surface area contributed by atoms with Gasteiger partial charge in [0.15, 0.2) is 22.2 Å². The molecule has 136 valence electrons. The van der Waals surface area contributed by atoms with Crippen molar-refractivity contribution in [3.63, 3.8) is 0 Å². The van der Waals surface area contributed by atoms with Crippen molar-refractivity contribution in [3.05, 3.63) is 65.5 Å². The first kappa shape index (κ1) is 17.2. The van der Waals surface area contributed by atoms with Crippen LogP contribution in [0.25, 0.3) is 22.2 Å². The number of nitrogens with zero attached hydrogens (tertiary/aromatic N) is 1. The number of anilines is 1. The van der Waals surface area contributed by atoms with E-state index in [4.69, 9.17) is 9.15 Å². The van der Waals surface area contributed by atoms with Gasteiger partial charge in [-0.3, -0.25) is 10.1 Å². The lowest BCUT2D eigenvalue weighted by Gasteiger charge is -2.02. The molecule has 27 heavy (non-hydrogen) atoms. The number of aromatic nitrogens is 1. The summed E-state index contributed by atoms with van der Waals surface area (Å²) in [7, 11) is 0. The molecule has 1 N–H and O–H groups in total. The second-order valence-corrected chi connectivity index (χ2v) is 6.58. The maximum Gasteiger partial charge on any atom is 0.293 e. The Morgan fingerprint density at radius 2 is 2.07 bits per heavy atom. The summed E-state index contributed by atoms with van der Waals surface area (Å²) < 4.78 is 24.3. The molecule has 5 nitrogen and oxygen atoms in total. The van der Waals surface area contributed by atoms with Crippen LogP contribution in [0.15, 0.2) is 58.3 Å². The molecule has 0 aliphatic heterocycles. The molecule has 0 atom stereocenters. The molecule has 0 unspecified atom stereocenters. The molecular formula is C20H15FN2O3S. The van der Waals surface area contributed by atoms with Crippen molar-refractivity contribution in [3.8, 4) is 17.0 Å². The van der Waals surface area contributed by atoms with Crippen LogP contribution < -0.4 is 10.1 Å². The molecule has 4 aromatic rings. The zero-order chi connectivity index (χ0) is 18.8. The lowest BCUT2D eigenvalue weighted by atomic mass is 10.2. The molecule has 0 bridgehead atoms. The van der Waals surface area contributed by atoms with Gasteiger partial charge in [0.25, 0.3) is 5.91 Å². The van der Waals surface area contributed by atoms with Gasteiger partial charge in [-0.05, 0) is 43.3 Å². The highest BCUT2D eigenvalue weighted by Gasteiger charge is 2.16. The molecule has 0 spiro atoms. The molecule has 7 heteroatoms. The number of para-hydroxylation sites is 1. The van der Waals surface area contributed by atoms with Crippen LogP contribution in [0.1, 0.15) is 17.5 Å². The van der Waals surface area contributed by atoms with Crippen LogP contribution in [0.5, 0.6) is 5.75 Å². The summed E-state index contributed by atoms with van der Waals surface area (Å²) in [4.78, 5) is 16.9. The van der Waals surface area contributed by atoms with E-state index in [-0.39, 0.29) is 11.6 Å². The molecule has 0 saturated carbocycles. The van der Waals surface area contributed by atoms with Crippen LogP contribution in [0, 0.1) is 5.82 Å². The van der Waals surface area contributed by atoms with Gasteiger partial charge >= 0.3 is 0 Å². The number of amides is 1. The Morgan fingerprint density at radius 3 is 2.85 bits per heavy atom. The fourth-order valence-electron chi connectivity index (χ4n) is 2.66. The molecule has 4 rings (SSSR count). The fourth-order valence-corrected chi connectivity index (χ4v) is 3.38. The van der Waals surface area contributed by atoms with Crippen molar-refractivity contribution in [1.29, 1.82) is 0 Å². The lowest BCUT2D eigenvalue weighted by Crippen LogP contribution is -2.10. The predicted octanol–water partition coefficient (Wildman–Crippen LogP) is 5.35. The Bertz CT molecular complexity index is 1100. The number of thiazole rings is 1. The van der Waals surface area contributed by atoms with Crippen molar-refractivity contribution < 1.29 is 18.3 Å². The Morgan fingerprint density at radius 1 is 1.26 bits per heavy atom. The van der Waals surface area contributed by atoms with E-state index in [0.717, 1.165) is 10.9 Å². The third kappa shape index (κ3) is 3.54. The summed E-state index contributed by atoms with van der Waals surface area (Å²) in [5, 5.41) is 5.76. The van der Waals surface area contributed by atoms with Crippen LogP contribution in [0.2, 0.25) is 0 Å². The Hall–Kier alpha value is -3.19. The summed E-state index contributed by atoms with van der Waals surface area (Å²) in [5.41, 5.74) is 1.98. The quantitative estimate of drug-likeness (QED) is 0.506. The average molecular weight is 382 g/mol. The molecule has 0 fully saturated rings. The molecule has 1 amide bonds. The number of rotatable bonds is 5. The van der Waals surface area contributed by atoms with Gasteiger partial charge in [-0.2, -0.15) is 0 Å². The number of hydrogen-bond acceptors (Lipinski definition) is 5. The van der Waals surface area contributed by atoms with Crippen molar-refractivity contribution in [1.82, 2.24) is 4.98 Å². The van der Waals surface area contributed by atoms with Gasteiger partial charge in [-0.1, -0.05) is 12.1 Å². The number of nitrogens with one attached hydrogen (secondary N) is 1. The zero-order valence-corrected chi connectivity index (χ0v) is 15.2. The molecule has 0 aliphatic rings. The van der Waals surface area contributed by atoms with Crippen LogP contribution in [-0.4, -0.2) is 17.5 Å². The SMILES string of the molecule is CCOc1cccc2cc(C(=O)Nc3nc(-c4ccc(F)cc4)cs3)oc12. The number of halogens is 1. The van der Waals surface area contributed by atoms with Crippen molar-refractivity contribution in [2.75, 3.05) is 11.9 Å². The lowest BCUT2D eigenvalue weighted by molar-refractivity contribution is 0.0998. The predicted molar refractivity (Wildman–Crippen MR) is 103 cm³/mol. The van der Waals surface area contributed by atoms with Gasteiger partial charge in [-0.25, -0.2) is 9.37 Å². The number of hydrogen-bond donors (Lipinski definition) is 1. The van der Waals surface area contributed by atoms with Crippen LogP contribution >= 0.6 is 11.3 Å². The average Bonchev–Trinajstić information content (AvgIpc) is 3.30. The van der Waals surface area contributed by atoms with E-state index >= 15 is 0 Å². The maximum absolute atomic E-state index is 13.0. The van der Waals surface area contributed by atoms with Crippen LogP contribution in [0.4, 0.5) is 9.52 Å². The minimum Gasteiger partial charge on any atom is -0.490 e. The zero-order valence-electron chi connectivity index (χ0n) is 14.4. The number of furan rings is 1. The molecular weight excluding hydrogens is 367 g/mol. The van der Waals surface area contributed by atoms with Crippen molar-refractivity contribution in [2.24, 2.45) is 0 Å². The van der Waals surface area contributed by atoms with Gasteiger partial charge in [0, 0.05) is 16.3 Å². The molecule has 0 radical (unpaired) electrons. The Labute approximate surface area is 158 Å². The number of carbonyl (C=O) groups is 1. The topological polar surface area (TPSA) is 64.4 Å². The van der Waals surface area contributed by atoms with E-state index in [1.165, 1.54) is 23.5 Å². The van der Waals surface area contributed by atoms with Crippen LogP contribution in [-0.2, 0) is 0 Å². The van der Waals surface area contributed by atoms with E-state index < -0.39 is 5.91 Å². The minimum absolute atomic E-state index is 0.177. The first-order valence-corrected chi connectivity index (χ1v) is 9.20. The number of fused-ring (bicyclic) bond motifs is 1. The Balaban J connectivity index is 1.55. The Kier molecular flexibility index (Phi) is 4.60. The first-order valence-electron chi connectivity index (χ1n) is 8.32. The molecule has 2 aromatic heterocycles. The van der Waals surface area contributed by atoms with E-state index in [9.17, 15) is 9.18 Å². The second-order valence-electron chi connectivity index (χ2n) is 5.72. The summed E-state index contributed by atoms with van der Waals surface area (Å²) in [6.45, 7) is 2.39. The largest absolute Gasteiger partial charge is 0.490 e. The highest BCUT2D eigenvalue weighted by atomic mass is 32.1. The van der Waals surface area contributed by atoms with E-state index in [0.29, 0.717) is 28.8 Å². The normalized spacial score (nSPS) is 10.9. The van der Waals surface area contributed by atoms with Crippen molar-refractivity contribution >= 4 is 33.3 Å². The van der Waals surface area contributed by atoms with Gasteiger partial charge in [-0.15, -0.1) is 11.3 Å². The monoisotopic (exact) mass is 382 g/mol.